The Hall–Kier alpha value is -3.34. The quantitative estimate of drug-likeness (QED) is 0.635. The second kappa shape index (κ2) is 7.28. The summed E-state index contributed by atoms with van der Waals surface area (Å²) in [7, 11) is 0. The highest BCUT2D eigenvalue weighted by Crippen LogP contribution is 2.27. The van der Waals surface area contributed by atoms with Crippen LogP contribution in [0.4, 0.5) is 21.5 Å². The fourth-order valence-corrected chi connectivity index (χ4v) is 2.07. The third-order valence-electron chi connectivity index (χ3n) is 3.29. The lowest BCUT2D eigenvalue weighted by Gasteiger charge is -2.07. The summed E-state index contributed by atoms with van der Waals surface area (Å²) in [6.45, 7) is 0. The summed E-state index contributed by atoms with van der Waals surface area (Å²) in [5, 5.41) is 11.1. The highest BCUT2D eigenvalue weighted by molar-refractivity contribution is 6.05. The first-order valence-corrected chi connectivity index (χ1v) is 7.35. The maximum Gasteiger partial charge on any atom is 0.255 e. The molecule has 0 atom stereocenters. The minimum Gasteiger partial charge on any atom is -0.320 e. The monoisotopic (exact) mass is 319 g/mol. The van der Waals surface area contributed by atoms with E-state index in [9.17, 15) is 9.18 Å². The molecular weight excluding hydrogens is 305 g/mol. The zero-order valence-corrected chi connectivity index (χ0v) is 12.7. The van der Waals surface area contributed by atoms with Gasteiger partial charge in [0.25, 0.3) is 5.91 Å². The van der Waals surface area contributed by atoms with Gasteiger partial charge in [0.05, 0.1) is 11.4 Å². The van der Waals surface area contributed by atoms with Gasteiger partial charge in [0.2, 0.25) is 0 Å². The molecule has 0 aliphatic heterocycles. The molecule has 0 aromatic heterocycles. The number of rotatable bonds is 4. The van der Waals surface area contributed by atoms with E-state index >= 15 is 0 Å². The molecule has 0 fully saturated rings. The van der Waals surface area contributed by atoms with E-state index in [1.807, 2.05) is 36.4 Å². The summed E-state index contributed by atoms with van der Waals surface area (Å²) in [5.74, 6) is -0.721. The molecular formula is C19H14FN3O. The summed E-state index contributed by atoms with van der Waals surface area (Å²) in [5.41, 5.74) is 2.16. The summed E-state index contributed by atoms with van der Waals surface area (Å²) in [4.78, 5) is 12.2. The molecule has 3 rings (SSSR count). The molecule has 0 bridgehead atoms. The number of amides is 1. The molecule has 1 amide bonds. The van der Waals surface area contributed by atoms with Gasteiger partial charge in [-0.1, -0.05) is 30.3 Å². The molecule has 0 radical (unpaired) electrons. The smallest absolute Gasteiger partial charge is 0.255 e. The molecule has 1 N–H and O–H groups in total. The van der Waals surface area contributed by atoms with E-state index < -0.39 is 0 Å². The highest BCUT2D eigenvalue weighted by atomic mass is 19.1. The van der Waals surface area contributed by atoms with Crippen molar-refractivity contribution in [2.75, 3.05) is 5.32 Å². The van der Waals surface area contributed by atoms with Gasteiger partial charge in [-0.05, 0) is 48.5 Å². The Labute approximate surface area is 138 Å². The van der Waals surface area contributed by atoms with Crippen LogP contribution >= 0.6 is 0 Å². The molecule has 0 aliphatic rings. The van der Waals surface area contributed by atoms with Crippen LogP contribution in [-0.4, -0.2) is 5.91 Å². The highest BCUT2D eigenvalue weighted by Gasteiger charge is 2.09. The standard InChI is InChI=1S/C19H14FN3O/c20-15-12-10-14(11-13-15)19(24)21-17-8-4-5-9-18(17)23-22-16-6-2-1-3-7-16/h1-13H,(H,21,24). The third kappa shape index (κ3) is 3.89. The molecule has 118 valence electrons. The summed E-state index contributed by atoms with van der Waals surface area (Å²) >= 11 is 0. The Morgan fingerprint density at radius 3 is 2.21 bits per heavy atom. The third-order valence-corrected chi connectivity index (χ3v) is 3.29. The van der Waals surface area contributed by atoms with Crippen molar-refractivity contribution in [3.63, 3.8) is 0 Å². The van der Waals surface area contributed by atoms with E-state index in [4.69, 9.17) is 0 Å². The molecule has 0 heterocycles. The average molecular weight is 319 g/mol. The number of carbonyl (C=O) groups is 1. The number of halogens is 1. The zero-order valence-electron chi connectivity index (χ0n) is 12.7. The number of para-hydroxylation sites is 1. The molecule has 4 nitrogen and oxygen atoms in total. The second-order valence-corrected chi connectivity index (χ2v) is 5.01. The van der Waals surface area contributed by atoms with Gasteiger partial charge >= 0.3 is 0 Å². The van der Waals surface area contributed by atoms with Crippen LogP contribution in [0.2, 0.25) is 0 Å². The van der Waals surface area contributed by atoms with Crippen molar-refractivity contribution in [2.45, 2.75) is 0 Å². The zero-order chi connectivity index (χ0) is 16.8. The van der Waals surface area contributed by atoms with E-state index in [1.54, 1.807) is 18.2 Å². The van der Waals surface area contributed by atoms with E-state index in [1.165, 1.54) is 24.3 Å². The number of anilines is 1. The Bertz CT molecular complexity index is 861. The van der Waals surface area contributed by atoms with Crippen LogP contribution in [0.25, 0.3) is 0 Å². The molecule has 0 unspecified atom stereocenters. The maximum absolute atomic E-state index is 12.9. The van der Waals surface area contributed by atoms with Crippen molar-refractivity contribution in [1.82, 2.24) is 0 Å². The number of hydrogen-bond acceptors (Lipinski definition) is 3. The van der Waals surface area contributed by atoms with E-state index in [0.29, 0.717) is 16.9 Å². The summed E-state index contributed by atoms with van der Waals surface area (Å²) < 4.78 is 12.9. The van der Waals surface area contributed by atoms with Crippen LogP contribution < -0.4 is 5.32 Å². The number of nitrogens with one attached hydrogen (secondary N) is 1. The van der Waals surface area contributed by atoms with Gasteiger partial charge in [-0.2, -0.15) is 5.11 Å². The first-order chi connectivity index (χ1) is 11.7. The number of nitrogens with zero attached hydrogens (tertiary/aromatic N) is 2. The first kappa shape index (κ1) is 15.6. The molecule has 5 heteroatoms. The van der Waals surface area contributed by atoms with Crippen LogP contribution in [0, 0.1) is 5.82 Å². The van der Waals surface area contributed by atoms with Crippen molar-refractivity contribution in [1.29, 1.82) is 0 Å². The molecule has 3 aromatic carbocycles. The fourth-order valence-electron chi connectivity index (χ4n) is 2.07. The second-order valence-electron chi connectivity index (χ2n) is 5.01. The molecule has 0 saturated heterocycles. The lowest BCUT2D eigenvalue weighted by molar-refractivity contribution is 0.102. The van der Waals surface area contributed by atoms with Crippen molar-refractivity contribution < 1.29 is 9.18 Å². The lowest BCUT2D eigenvalue weighted by atomic mass is 10.2. The van der Waals surface area contributed by atoms with Crippen LogP contribution in [0.5, 0.6) is 0 Å². The topological polar surface area (TPSA) is 53.8 Å². The van der Waals surface area contributed by atoms with Crippen molar-refractivity contribution in [3.05, 3.63) is 90.2 Å². The number of azo groups is 1. The van der Waals surface area contributed by atoms with Gasteiger partial charge in [-0.15, -0.1) is 5.11 Å². The minimum atomic E-state index is -0.386. The molecule has 0 spiro atoms. The average Bonchev–Trinajstić information content (AvgIpc) is 2.62. The number of carbonyl (C=O) groups excluding carboxylic acids is 1. The molecule has 0 aliphatic carbocycles. The van der Waals surface area contributed by atoms with Crippen LogP contribution in [-0.2, 0) is 0 Å². The van der Waals surface area contributed by atoms with E-state index in [2.05, 4.69) is 15.5 Å². The van der Waals surface area contributed by atoms with Crippen molar-refractivity contribution in [2.24, 2.45) is 10.2 Å². The van der Waals surface area contributed by atoms with E-state index in [-0.39, 0.29) is 11.7 Å². The molecule has 0 saturated carbocycles. The maximum atomic E-state index is 12.9. The van der Waals surface area contributed by atoms with Crippen LogP contribution in [0.1, 0.15) is 10.4 Å². The number of benzene rings is 3. The van der Waals surface area contributed by atoms with E-state index in [0.717, 1.165) is 5.69 Å². The fraction of sp³-hybridized carbons (Fsp3) is 0. The molecule has 3 aromatic rings. The van der Waals surface area contributed by atoms with Gasteiger partial charge in [0.15, 0.2) is 0 Å². The van der Waals surface area contributed by atoms with Gasteiger partial charge in [-0.3, -0.25) is 4.79 Å². The molecule has 24 heavy (non-hydrogen) atoms. The first-order valence-electron chi connectivity index (χ1n) is 7.35. The largest absolute Gasteiger partial charge is 0.320 e. The minimum absolute atomic E-state index is 0.336. The predicted molar refractivity (Wildman–Crippen MR) is 91.4 cm³/mol. The van der Waals surface area contributed by atoms with Gasteiger partial charge < -0.3 is 5.32 Å². The van der Waals surface area contributed by atoms with Crippen LogP contribution in [0.3, 0.4) is 0 Å². The Balaban J connectivity index is 1.80. The van der Waals surface area contributed by atoms with Gasteiger partial charge in [-0.25, -0.2) is 4.39 Å². The SMILES string of the molecule is O=C(Nc1ccccc1N=Nc1ccccc1)c1ccc(F)cc1. The van der Waals surface area contributed by atoms with Gasteiger partial charge in [0.1, 0.15) is 11.5 Å². The Morgan fingerprint density at radius 1 is 0.792 bits per heavy atom. The lowest BCUT2D eigenvalue weighted by Crippen LogP contribution is -2.11. The Kier molecular flexibility index (Phi) is 4.72. The van der Waals surface area contributed by atoms with Crippen molar-refractivity contribution in [3.8, 4) is 0 Å². The van der Waals surface area contributed by atoms with Crippen molar-refractivity contribution >= 4 is 23.0 Å². The normalized spacial score (nSPS) is 10.7. The number of hydrogen-bond donors (Lipinski definition) is 1. The summed E-state index contributed by atoms with van der Waals surface area (Å²) in [6.07, 6.45) is 0. The Morgan fingerprint density at radius 2 is 1.46 bits per heavy atom. The van der Waals surface area contributed by atoms with Crippen LogP contribution in [0.15, 0.2) is 89.1 Å². The predicted octanol–water partition coefficient (Wildman–Crippen LogP) is 5.49. The van der Waals surface area contributed by atoms with Gasteiger partial charge in [0, 0.05) is 5.56 Å². The summed E-state index contributed by atoms with van der Waals surface area (Å²) in [6, 6.07) is 21.8.